The van der Waals surface area contributed by atoms with Gasteiger partial charge in [-0.2, -0.15) is 0 Å². The summed E-state index contributed by atoms with van der Waals surface area (Å²) in [6.45, 7) is 3.73. The summed E-state index contributed by atoms with van der Waals surface area (Å²) in [5.74, 6) is 2.18. The van der Waals surface area contributed by atoms with Gasteiger partial charge in [0.1, 0.15) is 17.5 Å². The molecule has 1 aliphatic heterocycles. The number of fused-ring (bicyclic) bond motifs is 1. The molecule has 0 radical (unpaired) electrons. The molecule has 2 fully saturated rings. The van der Waals surface area contributed by atoms with Gasteiger partial charge in [-0.25, -0.2) is 14.4 Å². The number of carbonyl (C=O) groups is 1. The minimum Gasteiger partial charge on any atom is -0.356 e. The van der Waals surface area contributed by atoms with Crippen molar-refractivity contribution in [3.8, 4) is 0 Å². The molecular formula is C23H25FN4OS. The first-order chi connectivity index (χ1) is 14.6. The molecule has 7 heteroatoms. The van der Waals surface area contributed by atoms with Gasteiger partial charge in [0.15, 0.2) is 0 Å². The molecule has 1 amide bonds. The number of thiophene rings is 1. The third-order valence-corrected chi connectivity index (χ3v) is 7.28. The number of amides is 1. The van der Waals surface area contributed by atoms with E-state index in [0.717, 1.165) is 48.5 Å². The molecule has 3 aromatic rings. The largest absolute Gasteiger partial charge is 0.356 e. The highest BCUT2D eigenvalue weighted by molar-refractivity contribution is 7.11. The van der Waals surface area contributed by atoms with Crippen molar-refractivity contribution < 1.29 is 9.18 Å². The number of anilines is 2. The van der Waals surface area contributed by atoms with E-state index in [2.05, 4.69) is 22.5 Å². The summed E-state index contributed by atoms with van der Waals surface area (Å²) in [5.41, 5.74) is 1.70. The highest BCUT2D eigenvalue weighted by atomic mass is 32.1. The zero-order valence-electron chi connectivity index (χ0n) is 17.0. The van der Waals surface area contributed by atoms with E-state index in [0.29, 0.717) is 11.6 Å². The van der Waals surface area contributed by atoms with Crippen LogP contribution in [0.3, 0.4) is 0 Å². The molecule has 156 valence electrons. The molecule has 0 atom stereocenters. The molecule has 1 saturated carbocycles. The van der Waals surface area contributed by atoms with Gasteiger partial charge in [-0.3, -0.25) is 4.79 Å². The number of halogens is 1. The van der Waals surface area contributed by atoms with Gasteiger partial charge in [-0.1, -0.05) is 6.42 Å². The topological polar surface area (TPSA) is 58.1 Å². The standard InChI is InChI=1S/C23H25FN4OS/c1-14-20-19(13-30-14)26-21(15-3-2-4-15)27-22(20)28-11-9-16(10-12-28)23(29)25-18-7-5-17(24)6-8-18/h5-8,13,15-16H,2-4,9-12H2,1H3,(H,25,29). The summed E-state index contributed by atoms with van der Waals surface area (Å²) in [7, 11) is 0. The molecule has 1 aromatic carbocycles. The van der Waals surface area contributed by atoms with Crippen LogP contribution in [0.5, 0.6) is 0 Å². The Morgan fingerprint density at radius 1 is 1.13 bits per heavy atom. The fourth-order valence-corrected chi connectivity index (χ4v) is 5.09. The third-order valence-electron chi connectivity index (χ3n) is 6.38. The lowest BCUT2D eigenvalue weighted by molar-refractivity contribution is -0.120. The van der Waals surface area contributed by atoms with Gasteiger partial charge in [0.05, 0.1) is 10.9 Å². The first-order valence-electron chi connectivity index (χ1n) is 10.7. The molecule has 1 saturated heterocycles. The number of hydrogen-bond donors (Lipinski definition) is 1. The van der Waals surface area contributed by atoms with Crippen LogP contribution in [0, 0.1) is 18.7 Å². The van der Waals surface area contributed by atoms with Crippen molar-refractivity contribution in [1.29, 1.82) is 0 Å². The molecule has 2 aromatic heterocycles. The molecule has 5 rings (SSSR count). The van der Waals surface area contributed by atoms with E-state index in [1.807, 2.05) is 0 Å². The highest BCUT2D eigenvalue weighted by Gasteiger charge is 2.29. The lowest BCUT2D eigenvalue weighted by Crippen LogP contribution is -2.39. The Hall–Kier alpha value is -2.54. The van der Waals surface area contributed by atoms with Gasteiger partial charge < -0.3 is 10.2 Å². The van der Waals surface area contributed by atoms with E-state index in [1.165, 1.54) is 36.3 Å². The average molecular weight is 425 g/mol. The predicted octanol–water partition coefficient (Wildman–Crippen LogP) is 5.26. The number of aromatic nitrogens is 2. The Balaban J connectivity index is 1.31. The average Bonchev–Trinajstić information content (AvgIpc) is 3.09. The number of carbonyl (C=O) groups excluding carboxylic acids is 1. The summed E-state index contributed by atoms with van der Waals surface area (Å²) < 4.78 is 13.1. The number of benzene rings is 1. The van der Waals surface area contributed by atoms with Crippen molar-refractivity contribution in [1.82, 2.24) is 9.97 Å². The molecule has 30 heavy (non-hydrogen) atoms. The highest BCUT2D eigenvalue weighted by Crippen LogP contribution is 2.39. The van der Waals surface area contributed by atoms with Gasteiger partial charge in [-0.05, 0) is 56.9 Å². The predicted molar refractivity (Wildman–Crippen MR) is 119 cm³/mol. The van der Waals surface area contributed by atoms with Crippen LogP contribution in [-0.2, 0) is 4.79 Å². The molecule has 1 N–H and O–H groups in total. The van der Waals surface area contributed by atoms with E-state index in [1.54, 1.807) is 23.5 Å². The summed E-state index contributed by atoms with van der Waals surface area (Å²) in [5, 5.41) is 6.22. The van der Waals surface area contributed by atoms with Crippen LogP contribution in [0.15, 0.2) is 29.6 Å². The van der Waals surface area contributed by atoms with Gasteiger partial charge in [0.2, 0.25) is 5.91 Å². The van der Waals surface area contributed by atoms with E-state index in [-0.39, 0.29) is 17.6 Å². The minimum atomic E-state index is -0.303. The second-order valence-corrected chi connectivity index (χ2v) is 9.43. The van der Waals surface area contributed by atoms with Crippen molar-refractivity contribution in [2.45, 2.75) is 44.9 Å². The van der Waals surface area contributed by atoms with Crippen molar-refractivity contribution in [2.75, 3.05) is 23.3 Å². The van der Waals surface area contributed by atoms with Gasteiger partial charge in [0, 0.05) is 40.9 Å². The van der Waals surface area contributed by atoms with Crippen molar-refractivity contribution in [3.63, 3.8) is 0 Å². The van der Waals surface area contributed by atoms with E-state index < -0.39 is 0 Å². The number of piperidine rings is 1. The number of hydrogen-bond acceptors (Lipinski definition) is 5. The summed E-state index contributed by atoms with van der Waals surface area (Å²) in [4.78, 5) is 26.1. The van der Waals surface area contributed by atoms with Crippen molar-refractivity contribution in [3.05, 3.63) is 46.2 Å². The molecule has 0 spiro atoms. The smallest absolute Gasteiger partial charge is 0.227 e. The van der Waals surface area contributed by atoms with Crippen LogP contribution in [0.1, 0.15) is 48.7 Å². The molecule has 2 aliphatic rings. The molecule has 1 aliphatic carbocycles. The Morgan fingerprint density at radius 2 is 1.87 bits per heavy atom. The van der Waals surface area contributed by atoms with Crippen LogP contribution in [0.25, 0.3) is 10.9 Å². The minimum absolute atomic E-state index is 0.0102. The summed E-state index contributed by atoms with van der Waals surface area (Å²) in [6.07, 6.45) is 5.18. The SMILES string of the molecule is Cc1scc2nc(C3CCC3)nc(N3CCC(C(=O)Nc4ccc(F)cc4)CC3)c12. The van der Waals surface area contributed by atoms with Crippen LogP contribution in [0.4, 0.5) is 15.9 Å². The maximum absolute atomic E-state index is 13.1. The Bertz CT molecular complexity index is 1070. The maximum atomic E-state index is 13.1. The zero-order valence-corrected chi connectivity index (χ0v) is 17.8. The summed E-state index contributed by atoms with van der Waals surface area (Å²) >= 11 is 1.73. The van der Waals surface area contributed by atoms with E-state index in [9.17, 15) is 9.18 Å². The Labute approximate surface area is 179 Å². The molecular weight excluding hydrogens is 399 g/mol. The molecule has 5 nitrogen and oxygen atoms in total. The van der Waals surface area contributed by atoms with Crippen molar-refractivity contribution >= 4 is 39.7 Å². The first kappa shape index (κ1) is 19.4. The number of nitrogens with one attached hydrogen (secondary N) is 1. The first-order valence-corrected chi connectivity index (χ1v) is 11.5. The molecule has 0 bridgehead atoms. The normalized spacial score (nSPS) is 17.9. The monoisotopic (exact) mass is 424 g/mol. The van der Waals surface area contributed by atoms with E-state index >= 15 is 0 Å². The fraction of sp³-hybridized carbons (Fsp3) is 0.435. The second kappa shape index (κ2) is 7.95. The Kier molecular flexibility index (Phi) is 5.15. The summed E-state index contributed by atoms with van der Waals surface area (Å²) in [6, 6.07) is 5.92. The number of nitrogens with zero attached hydrogens (tertiary/aromatic N) is 3. The lowest BCUT2D eigenvalue weighted by Gasteiger charge is -2.33. The lowest BCUT2D eigenvalue weighted by atomic mass is 9.85. The van der Waals surface area contributed by atoms with Crippen LogP contribution >= 0.6 is 11.3 Å². The van der Waals surface area contributed by atoms with Crippen LogP contribution in [-0.4, -0.2) is 29.0 Å². The maximum Gasteiger partial charge on any atom is 0.227 e. The zero-order chi connectivity index (χ0) is 20.7. The van der Waals surface area contributed by atoms with Crippen molar-refractivity contribution in [2.24, 2.45) is 5.92 Å². The Morgan fingerprint density at radius 3 is 2.53 bits per heavy atom. The van der Waals surface area contributed by atoms with Crippen LogP contribution < -0.4 is 10.2 Å². The quantitative estimate of drug-likeness (QED) is 0.621. The van der Waals surface area contributed by atoms with Gasteiger partial charge >= 0.3 is 0 Å². The van der Waals surface area contributed by atoms with Crippen LogP contribution in [0.2, 0.25) is 0 Å². The molecule has 0 unspecified atom stereocenters. The number of rotatable bonds is 4. The van der Waals surface area contributed by atoms with E-state index in [4.69, 9.17) is 9.97 Å². The third kappa shape index (κ3) is 3.67. The van der Waals surface area contributed by atoms with Gasteiger partial charge in [-0.15, -0.1) is 11.3 Å². The van der Waals surface area contributed by atoms with Gasteiger partial charge in [0.25, 0.3) is 0 Å². The number of aryl methyl sites for hydroxylation is 1. The molecule has 3 heterocycles. The second-order valence-electron chi connectivity index (χ2n) is 8.34. The fourth-order valence-electron chi connectivity index (χ4n) is 4.32.